The molecule has 0 fully saturated rings. The Hall–Kier alpha value is -3.99. The Balaban J connectivity index is 1.88. The second kappa shape index (κ2) is 9.01. The largest absolute Gasteiger partial charge is 0.495 e. The first-order chi connectivity index (χ1) is 14.4. The smallest absolute Gasteiger partial charge is 0.355 e. The van der Waals surface area contributed by atoms with Crippen LogP contribution in [0.2, 0.25) is 5.02 Å². The highest BCUT2D eigenvalue weighted by Gasteiger charge is 2.25. The van der Waals surface area contributed by atoms with E-state index in [4.69, 9.17) is 16.3 Å². The maximum atomic E-state index is 13.7. The molecule has 30 heavy (non-hydrogen) atoms. The van der Waals surface area contributed by atoms with Crippen LogP contribution in [0.5, 0.6) is 5.75 Å². The molecule has 1 aromatic heterocycles. The number of amides is 1. The first-order valence-electron chi connectivity index (χ1n) is 8.31. The lowest BCUT2D eigenvalue weighted by molar-refractivity contribution is -0.383. The van der Waals surface area contributed by atoms with Crippen LogP contribution in [-0.2, 0) is 0 Å². The third-order valence-corrected chi connectivity index (χ3v) is 4.07. The Kier molecular flexibility index (Phi) is 6.23. The molecule has 0 radical (unpaired) electrons. The number of methoxy groups -OCH3 is 1. The fourth-order valence-electron chi connectivity index (χ4n) is 2.47. The molecule has 2 aromatic carbocycles. The van der Waals surface area contributed by atoms with E-state index in [2.05, 4.69) is 26.1 Å². The van der Waals surface area contributed by atoms with Gasteiger partial charge in [0.2, 0.25) is 11.6 Å². The number of nitrogens with one attached hydrogen (secondary N) is 3. The number of rotatable bonds is 7. The van der Waals surface area contributed by atoms with E-state index < -0.39 is 22.3 Å². The molecule has 12 heteroatoms. The van der Waals surface area contributed by atoms with Crippen molar-refractivity contribution in [1.29, 1.82) is 0 Å². The highest BCUT2D eigenvalue weighted by atomic mass is 35.5. The van der Waals surface area contributed by atoms with Gasteiger partial charge in [-0.05, 0) is 30.3 Å². The molecule has 1 heterocycles. The van der Waals surface area contributed by atoms with E-state index in [0.717, 1.165) is 12.4 Å². The number of aromatic nitrogens is 2. The average Bonchev–Trinajstić information content (AvgIpc) is 2.72. The van der Waals surface area contributed by atoms with Gasteiger partial charge in [0.25, 0.3) is 5.91 Å². The van der Waals surface area contributed by atoms with Gasteiger partial charge in [-0.1, -0.05) is 23.7 Å². The summed E-state index contributed by atoms with van der Waals surface area (Å²) in [5, 5.41) is 14.8. The minimum absolute atomic E-state index is 0.182. The first kappa shape index (κ1) is 20.7. The maximum absolute atomic E-state index is 13.7. The van der Waals surface area contributed by atoms with Crippen molar-refractivity contribution in [1.82, 2.24) is 15.4 Å². The molecule has 3 rings (SSSR count). The molecule has 0 aliphatic carbocycles. The van der Waals surface area contributed by atoms with Gasteiger partial charge in [-0.3, -0.25) is 25.8 Å². The van der Waals surface area contributed by atoms with Crippen molar-refractivity contribution < 1.29 is 18.8 Å². The molecule has 10 nitrogen and oxygen atoms in total. The minimum Gasteiger partial charge on any atom is -0.495 e. The van der Waals surface area contributed by atoms with Gasteiger partial charge in [-0.15, -0.1) is 0 Å². The second-order valence-electron chi connectivity index (χ2n) is 5.71. The number of anilines is 3. The van der Waals surface area contributed by atoms with Crippen molar-refractivity contribution >= 4 is 40.5 Å². The van der Waals surface area contributed by atoms with Gasteiger partial charge in [0.15, 0.2) is 0 Å². The summed E-state index contributed by atoms with van der Waals surface area (Å²) in [5.74, 6) is -1.72. The number of nitrogens with zero attached hydrogens (tertiary/aromatic N) is 3. The van der Waals surface area contributed by atoms with Crippen LogP contribution in [0, 0.1) is 15.9 Å². The standard InChI is InChI=1S/C18H14ClFN6O4/c1-30-14-7-6-10(19)8-13(14)23-16-15(26(28)29)17(22-9-21-16)24-25-18(27)11-4-2-3-5-12(11)20/h2-9H,1H3,(H,25,27)(H2,21,22,23,24). The second-order valence-corrected chi connectivity index (χ2v) is 6.14. The number of ether oxygens (including phenoxy) is 1. The van der Waals surface area contributed by atoms with Crippen LogP contribution in [0.25, 0.3) is 0 Å². The van der Waals surface area contributed by atoms with Crippen molar-refractivity contribution in [2.45, 2.75) is 0 Å². The van der Waals surface area contributed by atoms with Gasteiger partial charge in [-0.2, -0.15) is 0 Å². The lowest BCUT2D eigenvalue weighted by Gasteiger charge is -2.13. The molecular weight excluding hydrogens is 419 g/mol. The van der Waals surface area contributed by atoms with Crippen LogP contribution in [-0.4, -0.2) is 27.9 Å². The third-order valence-electron chi connectivity index (χ3n) is 3.83. The number of carbonyl (C=O) groups is 1. The number of benzene rings is 2. The van der Waals surface area contributed by atoms with Crippen molar-refractivity contribution in [3.8, 4) is 5.75 Å². The molecular formula is C18H14ClFN6O4. The SMILES string of the molecule is COc1ccc(Cl)cc1Nc1ncnc(NNC(=O)c2ccccc2F)c1[N+](=O)[O-]. The molecule has 3 N–H and O–H groups in total. The van der Waals surface area contributed by atoms with Crippen LogP contribution in [0.3, 0.4) is 0 Å². The Morgan fingerprint density at radius 1 is 1.20 bits per heavy atom. The van der Waals surface area contributed by atoms with E-state index in [-0.39, 0.29) is 17.2 Å². The monoisotopic (exact) mass is 432 g/mol. The fourth-order valence-corrected chi connectivity index (χ4v) is 2.64. The summed E-state index contributed by atoms with van der Waals surface area (Å²) >= 11 is 5.98. The summed E-state index contributed by atoms with van der Waals surface area (Å²) in [6.07, 6.45) is 1.05. The van der Waals surface area contributed by atoms with Crippen LogP contribution in [0.4, 0.5) is 27.4 Å². The van der Waals surface area contributed by atoms with E-state index in [1.807, 2.05) is 0 Å². The van der Waals surface area contributed by atoms with Crippen molar-refractivity contribution in [3.63, 3.8) is 0 Å². The number of nitro groups is 1. The molecule has 0 aliphatic heterocycles. The summed E-state index contributed by atoms with van der Waals surface area (Å²) in [7, 11) is 1.42. The summed E-state index contributed by atoms with van der Waals surface area (Å²) < 4.78 is 18.9. The van der Waals surface area contributed by atoms with E-state index >= 15 is 0 Å². The van der Waals surface area contributed by atoms with Gasteiger partial charge in [0.1, 0.15) is 17.9 Å². The van der Waals surface area contributed by atoms with Crippen molar-refractivity contribution in [2.75, 3.05) is 17.9 Å². The minimum atomic E-state index is -0.841. The predicted molar refractivity (Wildman–Crippen MR) is 107 cm³/mol. The highest BCUT2D eigenvalue weighted by Crippen LogP contribution is 2.35. The van der Waals surface area contributed by atoms with Crippen LogP contribution >= 0.6 is 11.6 Å². The topological polar surface area (TPSA) is 131 Å². The molecule has 0 bridgehead atoms. The zero-order valence-corrected chi connectivity index (χ0v) is 16.1. The van der Waals surface area contributed by atoms with Gasteiger partial charge < -0.3 is 10.1 Å². The highest BCUT2D eigenvalue weighted by molar-refractivity contribution is 6.31. The van der Waals surface area contributed by atoms with Crippen molar-refractivity contribution in [2.24, 2.45) is 0 Å². The van der Waals surface area contributed by atoms with E-state index in [9.17, 15) is 19.3 Å². The van der Waals surface area contributed by atoms with Crippen LogP contribution in [0.15, 0.2) is 48.8 Å². The number of hydrogen-bond acceptors (Lipinski definition) is 8. The van der Waals surface area contributed by atoms with Crippen LogP contribution < -0.4 is 20.9 Å². The summed E-state index contributed by atoms with van der Waals surface area (Å²) in [4.78, 5) is 30.7. The third kappa shape index (κ3) is 4.52. The van der Waals surface area contributed by atoms with Gasteiger partial charge in [0, 0.05) is 5.02 Å². The zero-order chi connectivity index (χ0) is 21.7. The average molecular weight is 433 g/mol. The van der Waals surface area contributed by atoms with E-state index in [1.165, 1.54) is 31.4 Å². The lowest BCUT2D eigenvalue weighted by Crippen LogP contribution is -2.31. The molecule has 0 saturated heterocycles. The van der Waals surface area contributed by atoms with E-state index in [1.54, 1.807) is 12.1 Å². The molecule has 0 unspecified atom stereocenters. The molecule has 1 amide bonds. The molecule has 0 atom stereocenters. The lowest BCUT2D eigenvalue weighted by atomic mass is 10.2. The zero-order valence-electron chi connectivity index (χ0n) is 15.3. The number of hydrazine groups is 1. The van der Waals surface area contributed by atoms with Crippen molar-refractivity contribution in [3.05, 3.63) is 75.3 Å². The van der Waals surface area contributed by atoms with Gasteiger partial charge >= 0.3 is 5.69 Å². The Labute approximate surface area is 174 Å². The number of hydrogen-bond donors (Lipinski definition) is 3. The Morgan fingerprint density at radius 2 is 1.93 bits per heavy atom. The molecule has 0 aliphatic rings. The summed E-state index contributed by atoms with van der Waals surface area (Å²) in [6.45, 7) is 0. The molecule has 154 valence electrons. The summed E-state index contributed by atoms with van der Waals surface area (Å²) in [5.41, 5.74) is 4.03. The molecule has 3 aromatic rings. The predicted octanol–water partition coefficient (Wildman–Crippen LogP) is 3.69. The van der Waals surface area contributed by atoms with Gasteiger partial charge in [0.05, 0.1) is 23.3 Å². The van der Waals surface area contributed by atoms with E-state index in [0.29, 0.717) is 16.5 Å². The van der Waals surface area contributed by atoms with Crippen LogP contribution in [0.1, 0.15) is 10.4 Å². The first-order valence-corrected chi connectivity index (χ1v) is 8.69. The number of carbonyl (C=O) groups excluding carboxylic acids is 1. The quantitative estimate of drug-likeness (QED) is 0.380. The number of halogens is 2. The Morgan fingerprint density at radius 3 is 2.63 bits per heavy atom. The molecule has 0 saturated carbocycles. The van der Waals surface area contributed by atoms with Gasteiger partial charge in [-0.25, -0.2) is 14.4 Å². The molecule has 0 spiro atoms. The normalized spacial score (nSPS) is 10.2. The Bertz CT molecular complexity index is 1110. The summed E-state index contributed by atoms with van der Waals surface area (Å²) in [6, 6.07) is 9.94. The fraction of sp³-hybridized carbons (Fsp3) is 0.0556. The maximum Gasteiger partial charge on any atom is 0.355 e.